The van der Waals surface area contributed by atoms with E-state index >= 15 is 0 Å². The zero-order chi connectivity index (χ0) is 12.6. The van der Waals surface area contributed by atoms with Gasteiger partial charge in [-0.25, -0.2) is 0 Å². The molecule has 0 fully saturated rings. The molecule has 1 atom stereocenters. The molecule has 1 unspecified atom stereocenters. The maximum atomic E-state index is 9.84. The van der Waals surface area contributed by atoms with Crippen molar-refractivity contribution in [1.82, 2.24) is 10.2 Å². The Morgan fingerprint density at radius 2 is 1.88 bits per heavy atom. The van der Waals surface area contributed by atoms with Gasteiger partial charge in [0, 0.05) is 24.4 Å². The molecule has 0 radical (unpaired) electrons. The molecule has 0 aromatic rings. The maximum absolute atomic E-state index is 9.84. The van der Waals surface area contributed by atoms with Gasteiger partial charge in [-0.15, -0.1) is 0 Å². The Balaban J connectivity index is 3.69. The second-order valence-electron chi connectivity index (χ2n) is 4.73. The lowest BCUT2D eigenvalue weighted by Gasteiger charge is -2.25. The fourth-order valence-corrected chi connectivity index (χ4v) is 1.70. The van der Waals surface area contributed by atoms with Gasteiger partial charge in [0.15, 0.2) is 0 Å². The smallest absolute Gasteiger partial charge is 0.0791 e. The molecule has 0 rings (SSSR count). The summed E-state index contributed by atoms with van der Waals surface area (Å²) in [6.07, 6.45) is 1.85. The third kappa shape index (κ3) is 7.49. The largest absolute Gasteiger partial charge is 0.390 e. The molecule has 0 saturated carbocycles. The van der Waals surface area contributed by atoms with Crippen LogP contribution < -0.4 is 5.32 Å². The van der Waals surface area contributed by atoms with Gasteiger partial charge in [-0.3, -0.25) is 0 Å². The summed E-state index contributed by atoms with van der Waals surface area (Å²) in [7, 11) is 0. The van der Waals surface area contributed by atoms with Gasteiger partial charge in [-0.05, 0) is 33.2 Å². The van der Waals surface area contributed by atoms with Crippen LogP contribution in [0, 0.1) is 0 Å². The fourth-order valence-electron chi connectivity index (χ4n) is 1.46. The molecule has 2 N–H and O–H groups in total. The molecular formula is C12H28N2OS. The third-order valence-electron chi connectivity index (χ3n) is 2.85. The summed E-state index contributed by atoms with van der Waals surface area (Å²) >= 11 is 1.85. The van der Waals surface area contributed by atoms with E-state index in [2.05, 4.69) is 44.2 Å². The maximum Gasteiger partial charge on any atom is 0.0791 e. The minimum atomic E-state index is -0.266. The lowest BCUT2D eigenvalue weighted by Crippen LogP contribution is -2.41. The number of aliphatic hydroxyl groups is 1. The average Bonchev–Trinajstić information content (AvgIpc) is 2.25. The van der Waals surface area contributed by atoms with Crippen LogP contribution >= 0.6 is 11.8 Å². The van der Waals surface area contributed by atoms with Gasteiger partial charge < -0.3 is 15.3 Å². The molecule has 3 nitrogen and oxygen atoms in total. The highest BCUT2D eigenvalue weighted by Gasteiger charge is 2.16. The number of nitrogens with one attached hydrogen (secondary N) is 1. The minimum Gasteiger partial charge on any atom is -0.390 e. The van der Waals surface area contributed by atoms with Crippen LogP contribution in [0.4, 0.5) is 0 Å². The SMILES string of the molecule is CCN(CC)CC(O)CNCC(C)(C)SC. The molecular weight excluding hydrogens is 220 g/mol. The van der Waals surface area contributed by atoms with Crippen molar-refractivity contribution in [1.29, 1.82) is 0 Å². The Kier molecular flexibility index (Phi) is 8.46. The molecule has 4 heteroatoms. The number of hydrogen-bond donors (Lipinski definition) is 2. The summed E-state index contributed by atoms with van der Waals surface area (Å²) < 4.78 is 0.245. The van der Waals surface area contributed by atoms with Gasteiger partial charge in [0.2, 0.25) is 0 Å². The lowest BCUT2D eigenvalue weighted by atomic mass is 10.2. The number of hydrogen-bond acceptors (Lipinski definition) is 4. The summed E-state index contributed by atoms with van der Waals surface area (Å²) in [5, 5.41) is 13.2. The first-order chi connectivity index (χ1) is 7.45. The highest BCUT2D eigenvalue weighted by Crippen LogP contribution is 2.19. The molecule has 0 saturated heterocycles. The number of thioether (sulfide) groups is 1. The van der Waals surface area contributed by atoms with Gasteiger partial charge >= 0.3 is 0 Å². The lowest BCUT2D eigenvalue weighted by molar-refractivity contribution is 0.116. The minimum absolute atomic E-state index is 0.245. The first-order valence-electron chi connectivity index (χ1n) is 6.11. The molecule has 16 heavy (non-hydrogen) atoms. The summed E-state index contributed by atoms with van der Waals surface area (Å²) in [6.45, 7) is 13.1. The van der Waals surface area contributed by atoms with E-state index in [4.69, 9.17) is 0 Å². The second kappa shape index (κ2) is 8.34. The summed E-state index contributed by atoms with van der Waals surface area (Å²) in [5.41, 5.74) is 0. The van der Waals surface area contributed by atoms with Crippen LogP contribution in [0.5, 0.6) is 0 Å². The first kappa shape index (κ1) is 16.2. The van der Waals surface area contributed by atoms with E-state index in [0.29, 0.717) is 6.54 Å². The predicted molar refractivity (Wildman–Crippen MR) is 74.3 cm³/mol. The summed E-state index contributed by atoms with van der Waals surface area (Å²) in [5.74, 6) is 0. The first-order valence-corrected chi connectivity index (χ1v) is 7.34. The quantitative estimate of drug-likeness (QED) is 0.647. The third-order valence-corrected chi connectivity index (χ3v) is 4.10. The zero-order valence-electron chi connectivity index (χ0n) is 11.4. The van der Waals surface area contributed by atoms with Crippen molar-refractivity contribution in [3.05, 3.63) is 0 Å². The highest BCUT2D eigenvalue weighted by atomic mass is 32.2. The molecule has 0 amide bonds. The topological polar surface area (TPSA) is 35.5 Å². The van der Waals surface area contributed by atoms with Crippen LogP contribution in [-0.2, 0) is 0 Å². The standard InChI is InChI=1S/C12H28N2OS/c1-6-14(7-2)9-11(15)8-13-10-12(3,4)16-5/h11,13,15H,6-10H2,1-5H3. The predicted octanol–water partition coefficient (Wildman–Crippen LogP) is 1.42. The number of likely N-dealkylation sites (N-methyl/N-ethyl adjacent to an activating group) is 1. The van der Waals surface area contributed by atoms with Crippen LogP contribution in [-0.4, -0.2) is 59.8 Å². The van der Waals surface area contributed by atoms with Crippen molar-refractivity contribution in [3.8, 4) is 0 Å². The Bertz CT molecular complexity index is 172. The summed E-state index contributed by atoms with van der Waals surface area (Å²) in [6, 6.07) is 0. The fraction of sp³-hybridized carbons (Fsp3) is 1.00. The van der Waals surface area contributed by atoms with Crippen LogP contribution in [0.3, 0.4) is 0 Å². The Labute approximate surface area is 105 Å². The van der Waals surface area contributed by atoms with E-state index in [1.54, 1.807) is 0 Å². The highest BCUT2D eigenvalue weighted by molar-refractivity contribution is 7.99. The number of rotatable bonds is 9. The normalized spacial score (nSPS) is 14.4. The molecule has 0 aromatic heterocycles. The van der Waals surface area contributed by atoms with E-state index in [-0.39, 0.29) is 10.9 Å². The monoisotopic (exact) mass is 248 g/mol. The van der Waals surface area contributed by atoms with Crippen LogP contribution in [0.2, 0.25) is 0 Å². The molecule has 0 aliphatic carbocycles. The van der Waals surface area contributed by atoms with Crippen molar-refractivity contribution in [2.24, 2.45) is 0 Å². The Hall–Kier alpha value is 0.230. The Morgan fingerprint density at radius 1 is 1.31 bits per heavy atom. The molecule has 0 heterocycles. The molecule has 0 aliphatic rings. The van der Waals surface area contributed by atoms with E-state index < -0.39 is 0 Å². The van der Waals surface area contributed by atoms with Gasteiger partial charge in [-0.2, -0.15) is 11.8 Å². The van der Waals surface area contributed by atoms with Crippen molar-refractivity contribution in [2.45, 2.75) is 38.5 Å². The van der Waals surface area contributed by atoms with Crippen molar-refractivity contribution in [2.75, 3.05) is 39.0 Å². The molecule has 0 aliphatic heterocycles. The van der Waals surface area contributed by atoms with E-state index in [1.165, 1.54) is 0 Å². The van der Waals surface area contributed by atoms with Crippen LogP contribution in [0.25, 0.3) is 0 Å². The van der Waals surface area contributed by atoms with Crippen molar-refractivity contribution < 1.29 is 5.11 Å². The number of nitrogens with zero attached hydrogens (tertiary/aromatic N) is 1. The van der Waals surface area contributed by atoms with E-state index in [9.17, 15) is 5.11 Å². The van der Waals surface area contributed by atoms with Crippen LogP contribution in [0.15, 0.2) is 0 Å². The average molecular weight is 248 g/mol. The van der Waals surface area contributed by atoms with Gasteiger partial charge in [-0.1, -0.05) is 13.8 Å². The van der Waals surface area contributed by atoms with Crippen molar-refractivity contribution in [3.63, 3.8) is 0 Å². The van der Waals surface area contributed by atoms with E-state index in [1.807, 2.05) is 11.8 Å². The van der Waals surface area contributed by atoms with Gasteiger partial charge in [0.1, 0.15) is 0 Å². The molecule has 0 spiro atoms. The van der Waals surface area contributed by atoms with Crippen molar-refractivity contribution >= 4 is 11.8 Å². The van der Waals surface area contributed by atoms with Gasteiger partial charge in [0.05, 0.1) is 6.10 Å². The molecule has 98 valence electrons. The second-order valence-corrected chi connectivity index (χ2v) is 6.25. The zero-order valence-corrected chi connectivity index (χ0v) is 12.2. The Morgan fingerprint density at radius 3 is 2.31 bits per heavy atom. The van der Waals surface area contributed by atoms with Gasteiger partial charge in [0.25, 0.3) is 0 Å². The summed E-state index contributed by atoms with van der Waals surface area (Å²) in [4.78, 5) is 2.24. The van der Waals surface area contributed by atoms with Crippen LogP contribution in [0.1, 0.15) is 27.7 Å². The van der Waals surface area contributed by atoms with E-state index in [0.717, 1.165) is 26.2 Å². The molecule has 0 bridgehead atoms. The number of aliphatic hydroxyl groups excluding tert-OH is 1. The molecule has 0 aromatic carbocycles.